The van der Waals surface area contributed by atoms with Crippen molar-refractivity contribution in [2.24, 2.45) is 18.8 Å². The molecule has 1 saturated heterocycles. The van der Waals surface area contributed by atoms with E-state index in [-0.39, 0.29) is 12.1 Å². The zero-order chi connectivity index (χ0) is 10.8. The second-order valence-corrected chi connectivity index (χ2v) is 4.13. The van der Waals surface area contributed by atoms with Crippen LogP contribution in [0.2, 0.25) is 0 Å². The van der Waals surface area contributed by atoms with Crippen LogP contribution in [0.4, 0.5) is 0 Å². The van der Waals surface area contributed by atoms with Crippen molar-refractivity contribution in [2.45, 2.75) is 25.5 Å². The molecule has 0 amide bonds. The third kappa shape index (κ3) is 1.90. The molecular weight excluding hydrogens is 192 g/mol. The molecule has 1 aliphatic heterocycles. The van der Waals surface area contributed by atoms with Crippen molar-refractivity contribution in [1.29, 1.82) is 0 Å². The van der Waals surface area contributed by atoms with Gasteiger partial charge in [0.15, 0.2) is 0 Å². The number of aryl methyl sites for hydroxylation is 1. The third-order valence-electron chi connectivity index (χ3n) is 3.13. The molecule has 2 heterocycles. The highest BCUT2D eigenvalue weighted by atomic mass is 16.5. The molecule has 5 heteroatoms. The van der Waals surface area contributed by atoms with Gasteiger partial charge in [0.1, 0.15) is 0 Å². The lowest BCUT2D eigenvalue weighted by atomic mass is 9.96. The Morgan fingerprint density at radius 2 is 2.53 bits per heavy atom. The first-order chi connectivity index (χ1) is 7.24. The van der Waals surface area contributed by atoms with E-state index in [4.69, 9.17) is 10.6 Å². The summed E-state index contributed by atoms with van der Waals surface area (Å²) in [6, 6.07) is 1.99. The number of nitrogens with two attached hydrogens (primary N) is 1. The molecule has 0 aromatic carbocycles. The van der Waals surface area contributed by atoms with Gasteiger partial charge in [-0.2, -0.15) is 5.10 Å². The van der Waals surface area contributed by atoms with Crippen molar-refractivity contribution in [3.8, 4) is 0 Å². The summed E-state index contributed by atoms with van der Waals surface area (Å²) in [6.07, 6.45) is 3.02. The van der Waals surface area contributed by atoms with E-state index < -0.39 is 0 Å². The maximum atomic E-state index is 5.71. The van der Waals surface area contributed by atoms with E-state index in [1.165, 1.54) is 0 Å². The van der Waals surface area contributed by atoms with Gasteiger partial charge in [-0.15, -0.1) is 0 Å². The van der Waals surface area contributed by atoms with Crippen LogP contribution in [0.15, 0.2) is 12.3 Å². The van der Waals surface area contributed by atoms with Crippen LogP contribution < -0.4 is 11.3 Å². The van der Waals surface area contributed by atoms with Gasteiger partial charge in [0.25, 0.3) is 0 Å². The molecule has 0 bridgehead atoms. The Kier molecular flexibility index (Phi) is 3.04. The van der Waals surface area contributed by atoms with E-state index in [9.17, 15) is 0 Å². The number of hydrazine groups is 1. The molecule has 2 rings (SSSR count). The lowest BCUT2D eigenvalue weighted by Crippen LogP contribution is -2.39. The minimum Gasteiger partial charge on any atom is -0.376 e. The summed E-state index contributed by atoms with van der Waals surface area (Å²) in [4.78, 5) is 0. The van der Waals surface area contributed by atoms with Crippen molar-refractivity contribution in [1.82, 2.24) is 15.2 Å². The monoisotopic (exact) mass is 210 g/mol. The second-order valence-electron chi connectivity index (χ2n) is 4.13. The molecule has 3 N–H and O–H groups in total. The molecule has 1 fully saturated rings. The predicted octanol–water partition coefficient (Wildman–Crippen LogP) is 0.349. The minimum absolute atomic E-state index is 0.0231. The van der Waals surface area contributed by atoms with E-state index >= 15 is 0 Å². The van der Waals surface area contributed by atoms with Crippen molar-refractivity contribution < 1.29 is 4.74 Å². The maximum Gasteiger partial charge on any atom is 0.0892 e. The molecule has 0 spiro atoms. The molecule has 84 valence electrons. The molecule has 3 unspecified atom stereocenters. The fourth-order valence-electron chi connectivity index (χ4n) is 2.18. The third-order valence-corrected chi connectivity index (χ3v) is 3.13. The van der Waals surface area contributed by atoms with Crippen LogP contribution in [0.5, 0.6) is 0 Å². The average molecular weight is 210 g/mol. The van der Waals surface area contributed by atoms with Crippen LogP contribution in [-0.4, -0.2) is 22.5 Å². The number of nitrogens with one attached hydrogen (secondary N) is 1. The van der Waals surface area contributed by atoms with Crippen LogP contribution in [-0.2, 0) is 11.8 Å². The van der Waals surface area contributed by atoms with E-state index in [2.05, 4.69) is 17.4 Å². The van der Waals surface area contributed by atoms with Gasteiger partial charge in [-0.1, -0.05) is 6.92 Å². The summed E-state index contributed by atoms with van der Waals surface area (Å²) in [5.41, 5.74) is 3.90. The van der Waals surface area contributed by atoms with Crippen molar-refractivity contribution in [3.63, 3.8) is 0 Å². The molecule has 5 nitrogen and oxygen atoms in total. The highest BCUT2D eigenvalue weighted by Gasteiger charge is 2.33. The summed E-state index contributed by atoms with van der Waals surface area (Å²) in [5.74, 6) is 6.13. The maximum absolute atomic E-state index is 5.71. The Balaban J connectivity index is 2.20. The Bertz CT molecular complexity index is 325. The molecule has 0 saturated carbocycles. The van der Waals surface area contributed by atoms with Gasteiger partial charge in [0, 0.05) is 19.9 Å². The van der Waals surface area contributed by atoms with Gasteiger partial charge in [0.05, 0.1) is 17.8 Å². The molecule has 0 radical (unpaired) electrons. The topological polar surface area (TPSA) is 65.1 Å². The quantitative estimate of drug-likeness (QED) is 0.558. The Hall–Kier alpha value is -0.910. The lowest BCUT2D eigenvalue weighted by molar-refractivity contribution is 0.0582. The Morgan fingerprint density at radius 3 is 3.00 bits per heavy atom. The van der Waals surface area contributed by atoms with Gasteiger partial charge in [-0.25, -0.2) is 5.43 Å². The van der Waals surface area contributed by atoms with Crippen molar-refractivity contribution in [2.75, 3.05) is 6.61 Å². The van der Waals surface area contributed by atoms with Gasteiger partial charge in [-0.05, 0) is 18.4 Å². The highest BCUT2D eigenvalue weighted by molar-refractivity contribution is 5.09. The van der Waals surface area contributed by atoms with Gasteiger partial charge < -0.3 is 4.74 Å². The summed E-state index contributed by atoms with van der Waals surface area (Å²) < 4.78 is 7.55. The van der Waals surface area contributed by atoms with E-state index in [0.717, 1.165) is 18.7 Å². The predicted molar refractivity (Wildman–Crippen MR) is 56.8 cm³/mol. The highest BCUT2D eigenvalue weighted by Crippen LogP contribution is 2.30. The number of rotatable bonds is 3. The lowest BCUT2D eigenvalue weighted by Gasteiger charge is -2.25. The molecule has 0 aliphatic carbocycles. The minimum atomic E-state index is 0.0231. The fraction of sp³-hybridized carbons (Fsp3) is 0.700. The number of hydrogen-bond donors (Lipinski definition) is 2. The first kappa shape index (κ1) is 10.6. The van der Waals surface area contributed by atoms with E-state index in [1.54, 1.807) is 6.20 Å². The van der Waals surface area contributed by atoms with Crippen LogP contribution in [0.25, 0.3) is 0 Å². The summed E-state index contributed by atoms with van der Waals surface area (Å²) in [7, 11) is 1.92. The van der Waals surface area contributed by atoms with Crippen LogP contribution in [0.3, 0.4) is 0 Å². The molecule has 3 atom stereocenters. The van der Waals surface area contributed by atoms with Crippen LogP contribution in [0, 0.1) is 5.92 Å². The zero-order valence-electron chi connectivity index (χ0n) is 9.18. The molecular formula is C10H18N4O. The van der Waals surface area contributed by atoms with Gasteiger partial charge >= 0.3 is 0 Å². The zero-order valence-corrected chi connectivity index (χ0v) is 9.18. The smallest absolute Gasteiger partial charge is 0.0892 e. The van der Waals surface area contributed by atoms with E-state index in [1.807, 2.05) is 17.8 Å². The summed E-state index contributed by atoms with van der Waals surface area (Å²) in [6.45, 7) is 3.01. The van der Waals surface area contributed by atoms with Crippen molar-refractivity contribution >= 4 is 0 Å². The average Bonchev–Trinajstić information content (AvgIpc) is 2.80. The first-order valence-electron chi connectivity index (χ1n) is 5.29. The van der Waals surface area contributed by atoms with Crippen LogP contribution >= 0.6 is 0 Å². The first-order valence-corrected chi connectivity index (χ1v) is 5.29. The number of nitrogens with zero attached hydrogens (tertiary/aromatic N) is 2. The Morgan fingerprint density at radius 1 is 1.73 bits per heavy atom. The SMILES string of the molecule is CC1CCOC1C(NN)c1ccnn1C. The second kappa shape index (κ2) is 4.30. The number of ether oxygens (including phenoxy) is 1. The standard InChI is InChI=1S/C10H18N4O/c1-7-4-6-15-10(7)9(13-11)8-3-5-12-14(8)2/h3,5,7,9-10,13H,4,6,11H2,1-2H3. The van der Waals surface area contributed by atoms with Crippen LogP contribution in [0.1, 0.15) is 25.1 Å². The molecule has 15 heavy (non-hydrogen) atoms. The van der Waals surface area contributed by atoms with E-state index in [0.29, 0.717) is 5.92 Å². The molecule has 1 aliphatic rings. The fourth-order valence-corrected chi connectivity index (χ4v) is 2.18. The normalized spacial score (nSPS) is 28.2. The summed E-state index contributed by atoms with van der Waals surface area (Å²) >= 11 is 0. The molecule has 1 aromatic rings. The largest absolute Gasteiger partial charge is 0.376 e. The van der Waals surface area contributed by atoms with Gasteiger partial charge in [0.2, 0.25) is 0 Å². The van der Waals surface area contributed by atoms with Gasteiger partial charge in [-0.3, -0.25) is 10.5 Å². The Labute approximate surface area is 89.6 Å². The van der Waals surface area contributed by atoms with Crippen molar-refractivity contribution in [3.05, 3.63) is 18.0 Å². The molecule has 1 aromatic heterocycles. The number of hydrogen-bond acceptors (Lipinski definition) is 4. The summed E-state index contributed by atoms with van der Waals surface area (Å²) in [5, 5.41) is 4.15. The number of aromatic nitrogens is 2.